The molecule has 5 nitrogen and oxygen atoms in total. The number of hydrogen-bond acceptors (Lipinski definition) is 5. The fraction of sp³-hybridized carbons (Fsp3) is 0.538. The van der Waals surface area contributed by atoms with Crippen LogP contribution in [0.3, 0.4) is 0 Å². The highest BCUT2D eigenvalue weighted by atomic mass is 35.5. The summed E-state index contributed by atoms with van der Waals surface area (Å²) in [5.74, 6) is 2.21. The van der Waals surface area contributed by atoms with E-state index in [1.165, 1.54) is 6.07 Å². The number of rotatable bonds is 5. The maximum absolute atomic E-state index is 12.3. The van der Waals surface area contributed by atoms with E-state index in [0.29, 0.717) is 18.8 Å². The molecule has 0 aliphatic carbocycles. The third-order valence-electron chi connectivity index (χ3n) is 3.43. The van der Waals surface area contributed by atoms with Crippen molar-refractivity contribution in [2.24, 2.45) is 0 Å². The molecule has 0 aromatic heterocycles. The lowest BCUT2D eigenvalue weighted by atomic mass is 10.2. The molecular weight excluding hydrogens is 330 g/mol. The minimum Gasteiger partial charge on any atom is -0.398 e. The molecule has 3 N–H and O–H groups in total. The Kier molecular flexibility index (Phi) is 5.79. The molecule has 1 fully saturated rings. The maximum atomic E-state index is 12.3. The minimum atomic E-state index is -3.62. The van der Waals surface area contributed by atoms with E-state index in [4.69, 9.17) is 17.3 Å². The van der Waals surface area contributed by atoms with Gasteiger partial charge in [0.1, 0.15) is 4.90 Å². The number of thioether (sulfide) groups is 1. The molecule has 0 saturated carbocycles. The molecule has 1 aliphatic heterocycles. The van der Waals surface area contributed by atoms with Gasteiger partial charge in [-0.3, -0.25) is 0 Å². The number of anilines is 1. The molecule has 2 rings (SSSR count). The summed E-state index contributed by atoms with van der Waals surface area (Å²) >= 11 is 7.95. The van der Waals surface area contributed by atoms with Gasteiger partial charge in [-0.15, -0.1) is 0 Å². The highest BCUT2D eigenvalue weighted by Gasteiger charge is 2.19. The van der Waals surface area contributed by atoms with Crippen LogP contribution in [0, 0.1) is 6.92 Å². The number of nitrogens with two attached hydrogens (primary N) is 1. The Balaban J connectivity index is 1.99. The number of sulfonamides is 1. The summed E-state index contributed by atoms with van der Waals surface area (Å²) in [7, 11) is -3.62. The first-order valence-electron chi connectivity index (χ1n) is 6.75. The van der Waals surface area contributed by atoms with Crippen molar-refractivity contribution in [2.75, 3.05) is 43.4 Å². The number of hydrogen-bond donors (Lipinski definition) is 2. The summed E-state index contributed by atoms with van der Waals surface area (Å²) in [6.45, 7) is 4.88. The van der Waals surface area contributed by atoms with Gasteiger partial charge in [0.2, 0.25) is 10.0 Å². The number of benzene rings is 1. The van der Waals surface area contributed by atoms with Gasteiger partial charge in [0.05, 0.1) is 5.02 Å². The van der Waals surface area contributed by atoms with Gasteiger partial charge in [0.25, 0.3) is 0 Å². The first-order chi connectivity index (χ1) is 9.90. The molecule has 1 aromatic carbocycles. The molecule has 0 amide bonds. The number of nitrogens with one attached hydrogen (secondary N) is 1. The van der Waals surface area contributed by atoms with Crippen molar-refractivity contribution in [3.8, 4) is 0 Å². The first-order valence-corrected chi connectivity index (χ1v) is 9.77. The largest absolute Gasteiger partial charge is 0.398 e. The maximum Gasteiger partial charge on any atom is 0.242 e. The van der Waals surface area contributed by atoms with Gasteiger partial charge in [-0.05, 0) is 24.6 Å². The molecule has 0 radical (unpaired) electrons. The lowest BCUT2D eigenvalue weighted by molar-refractivity contribution is 0.307. The lowest BCUT2D eigenvalue weighted by Gasteiger charge is -2.26. The Labute approximate surface area is 135 Å². The van der Waals surface area contributed by atoms with Crippen LogP contribution >= 0.6 is 23.4 Å². The third-order valence-corrected chi connectivity index (χ3v) is 6.30. The highest BCUT2D eigenvalue weighted by Crippen LogP contribution is 2.26. The molecule has 0 spiro atoms. The highest BCUT2D eigenvalue weighted by molar-refractivity contribution is 7.99. The van der Waals surface area contributed by atoms with Crippen LogP contribution in [0.25, 0.3) is 0 Å². The molecule has 0 bridgehead atoms. The van der Waals surface area contributed by atoms with Crippen molar-refractivity contribution >= 4 is 39.1 Å². The zero-order valence-corrected chi connectivity index (χ0v) is 14.3. The molecule has 0 atom stereocenters. The summed E-state index contributed by atoms with van der Waals surface area (Å²) in [6, 6.07) is 2.99. The van der Waals surface area contributed by atoms with Crippen LogP contribution in [-0.2, 0) is 10.0 Å². The van der Waals surface area contributed by atoms with Gasteiger partial charge >= 0.3 is 0 Å². The number of halogens is 1. The Morgan fingerprint density at radius 3 is 2.71 bits per heavy atom. The molecule has 1 heterocycles. The van der Waals surface area contributed by atoms with Gasteiger partial charge in [0, 0.05) is 43.4 Å². The van der Waals surface area contributed by atoms with Gasteiger partial charge < -0.3 is 10.6 Å². The Morgan fingerprint density at radius 1 is 1.38 bits per heavy atom. The van der Waals surface area contributed by atoms with Crippen LogP contribution in [0.2, 0.25) is 5.02 Å². The molecule has 1 aromatic rings. The second-order valence-electron chi connectivity index (χ2n) is 4.99. The average molecular weight is 350 g/mol. The number of nitrogen functional groups attached to an aromatic ring is 1. The Hall–Kier alpha value is -0.470. The first kappa shape index (κ1) is 16.9. The smallest absolute Gasteiger partial charge is 0.242 e. The zero-order valence-electron chi connectivity index (χ0n) is 11.9. The second-order valence-corrected chi connectivity index (χ2v) is 8.36. The van der Waals surface area contributed by atoms with Gasteiger partial charge in [-0.25, -0.2) is 13.1 Å². The number of aryl methyl sites for hydroxylation is 1. The van der Waals surface area contributed by atoms with Crippen LogP contribution in [0.4, 0.5) is 5.69 Å². The predicted molar refractivity (Wildman–Crippen MR) is 89.6 cm³/mol. The van der Waals surface area contributed by atoms with E-state index >= 15 is 0 Å². The summed E-state index contributed by atoms with van der Waals surface area (Å²) < 4.78 is 27.2. The lowest BCUT2D eigenvalue weighted by Crippen LogP contribution is -2.39. The number of nitrogens with zero attached hydrogens (tertiary/aromatic N) is 1. The molecule has 8 heteroatoms. The van der Waals surface area contributed by atoms with Crippen LogP contribution in [0.1, 0.15) is 5.56 Å². The van der Waals surface area contributed by atoms with E-state index < -0.39 is 10.0 Å². The van der Waals surface area contributed by atoms with Crippen molar-refractivity contribution in [3.05, 3.63) is 22.7 Å². The molecule has 0 unspecified atom stereocenters. The quantitative estimate of drug-likeness (QED) is 0.789. The Morgan fingerprint density at radius 2 is 2.05 bits per heavy atom. The predicted octanol–water partition coefficient (Wildman–Crippen LogP) is 1.56. The standard InChI is InChI=1S/C13H20ClN3O2S2/c1-10-8-11(14)13(9-12(10)15)21(18,19)16-2-3-17-4-6-20-7-5-17/h8-9,16H,2-7,15H2,1H3. The van der Waals surface area contributed by atoms with E-state index in [1.807, 2.05) is 11.8 Å². The zero-order chi connectivity index (χ0) is 15.5. The topological polar surface area (TPSA) is 75.4 Å². The van der Waals surface area contributed by atoms with Crippen molar-refractivity contribution in [2.45, 2.75) is 11.8 Å². The third kappa shape index (κ3) is 4.50. The average Bonchev–Trinajstić information content (AvgIpc) is 2.43. The minimum absolute atomic E-state index is 0.0430. The summed E-state index contributed by atoms with van der Waals surface area (Å²) in [5.41, 5.74) is 6.96. The normalized spacial score (nSPS) is 17.0. The second kappa shape index (κ2) is 7.19. The van der Waals surface area contributed by atoms with Crippen LogP contribution in [-0.4, -0.2) is 51.0 Å². The van der Waals surface area contributed by atoms with Gasteiger partial charge in [-0.1, -0.05) is 11.6 Å². The van der Waals surface area contributed by atoms with Gasteiger partial charge in [0.15, 0.2) is 0 Å². The van der Waals surface area contributed by atoms with Crippen LogP contribution in [0.5, 0.6) is 0 Å². The summed E-state index contributed by atoms with van der Waals surface area (Å²) in [6.07, 6.45) is 0. The van der Waals surface area contributed by atoms with Crippen molar-refractivity contribution in [1.29, 1.82) is 0 Å². The van der Waals surface area contributed by atoms with E-state index in [-0.39, 0.29) is 9.92 Å². The molecule has 1 saturated heterocycles. The SMILES string of the molecule is Cc1cc(Cl)c(S(=O)(=O)NCCN2CCSCC2)cc1N. The van der Waals surface area contributed by atoms with Gasteiger partial charge in [-0.2, -0.15) is 11.8 Å². The van der Waals surface area contributed by atoms with Crippen molar-refractivity contribution in [1.82, 2.24) is 9.62 Å². The monoisotopic (exact) mass is 349 g/mol. The van der Waals surface area contributed by atoms with Crippen LogP contribution in [0.15, 0.2) is 17.0 Å². The van der Waals surface area contributed by atoms with E-state index in [2.05, 4.69) is 9.62 Å². The summed E-state index contributed by atoms with van der Waals surface area (Å²) in [5, 5.41) is 0.198. The van der Waals surface area contributed by atoms with E-state index in [1.54, 1.807) is 13.0 Å². The molecule has 1 aliphatic rings. The van der Waals surface area contributed by atoms with E-state index in [9.17, 15) is 8.42 Å². The fourth-order valence-electron chi connectivity index (χ4n) is 2.12. The van der Waals surface area contributed by atoms with Crippen LogP contribution < -0.4 is 10.5 Å². The molecule has 118 valence electrons. The van der Waals surface area contributed by atoms with E-state index in [0.717, 1.165) is 30.2 Å². The molecule has 21 heavy (non-hydrogen) atoms. The van der Waals surface area contributed by atoms with Crippen molar-refractivity contribution in [3.63, 3.8) is 0 Å². The Bertz CT molecular complexity index is 602. The van der Waals surface area contributed by atoms with Crippen molar-refractivity contribution < 1.29 is 8.42 Å². The summed E-state index contributed by atoms with van der Waals surface area (Å²) in [4.78, 5) is 2.30. The fourth-order valence-corrected chi connectivity index (χ4v) is 4.73. The molecular formula is C13H20ClN3O2S2.